The molecular weight excluding hydrogens is 282 g/mol. The van der Waals surface area contributed by atoms with Gasteiger partial charge in [0, 0.05) is 24.8 Å². The zero-order valence-corrected chi connectivity index (χ0v) is 14.6. The third kappa shape index (κ3) is 4.38. The summed E-state index contributed by atoms with van der Waals surface area (Å²) >= 11 is 0. The lowest BCUT2D eigenvalue weighted by Crippen LogP contribution is -2.21. The molecule has 1 radical (unpaired) electrons. The van der Waals surface area contributed by atoms with E-state index >= 15 is 0 Å². The number of methoxy groups -OCH3 is 1. The number of hydrogen-bond donors (Lipinski definition) is 0. The summed E-state index contributed by atoms with van der Waals surface area (Å²) in [4.78, 5) is 2.26. The topological polar surface area (TPSA) is 12.5 Å². The van der Waals surface area contributed by atoms with Crippen LogP contribution in [0.4, 0.5) is 5.69 Å². The fourth-order valence-electron chi connectivity index (χ4n) is 2.76. The van der Waals surface area contributed by atoms with Gasteiger partial charge in [0.1, 0.15) is 5.75 Å². The van der Waals surface area contributed by atoms with Gasteiger partial charge in [0.15, 0.2) is 0 Å². The maximum atomic E-state index is 5.57. The Hall–Kier alpha value is -2.22. The standard InChI is InChI=1S/C21H26NO/c1-6-8-17-9-7-10-18(13-17)20-14-19(11-12-21(20)23-5)22(4)15-16(2)3/h6-7,9-14H,1,8,15H2,2-5H3. The van der Waals surface area contributed by atoms with Crippen molar-refractivity contribution >= 4 is 5.69 Å². The first-order valence-electron chi connectivity index (χ1n) is 7.93. The molecule has 2 nitrogen and oxygen atoms in total. The normalized spacial score (nSPS) is 10.7. The second-order valence-electron chi connectivity index (χ2n) is 6.14. The molecule has 0 aliphatic heterocycles. The molecule has 0 N–H and O–H groups in total. The average molecular weight is 308 g/mol. The van der Waals surface area contributed by atoms with Crippen LogP contribution in [0, 0.1) is 5.92 Å². The van der Waals surface area contributed by atoms with Gasteiger partial charge in [0.05, 0.1) is 7.11 Å². The molecule has 0 saturated carbocycles. The number of hydrogen-bond acceptors (Lipinski definition) is 2. The summed E-state index contributed by atoms with van der Waals surface area (Å²) in [6, 6.07) is 14.9. The van der Waals surface area contributed by atoms with Crippen LogP contribution in [-0.4, -0.2) is 20.7 Å². The van der Waals surface area contributed by atoms with E-state index in [1.54, 1.807) is 7.11 Å². The molecule has 23 heavy (non-hydrogen) atoms. The van der Waals surface area contributed by atoms with Gasteiger partial charge in [-0.2, -0.15) is 0 Å². The predicted octanol–water partition coefficient (Wildman–Crippen LogP) is 5.14. The first-order valence-corrected chi connectivity index (χ1v) is 7.93. The van der Waals surface area contributed by atoms with Crippen LogP contribution in [0.2, 0.25) is 0 Å². The molecule has 0 spiro atoms. The van der Waals surface area contributed by atoms with Crippen LogP contribution in [0.25, 0.3) is 11.1 Å². The Bertz CT molecular complexity index is 661. The average Bonchev–Trinajstić information content (AvgIpc) is 2.54. The Morgan fingerprint density at radius 3 is 2.61 bits per heavy atom. The number of ether oxygens (including phenoxy) is 1. The number of anilines is 1. The molecule has 0 unspecified atom stereocenters. The van der Waals surface area contributed by atoms with Gasteiger partial charge in [0.2, 0.25) is 0 Å². The van der Waals surface area contributed by atoms with Gasteiger partial charge in [-0.25, -0.2) is 0 Å². The van der Waals surface area contributed by atoms with Crippen molar-refractivity contribution < 1.29 is 4.74 Å². The maximum Gasteiger partial charge on any atom is 0.126 e. The summed E-state index contributed by atoms with van der Waals surface area (Å²) in [7, 11) is 3.84. The van der Waals surface area contributed by atoms with Crippen molar-refractivity contribution in [2.24, 2.45) is 0 Å². The highest BCUT2D eigenvalue weighted by molar-refractivity contribution is 5.75. The van der Waals surface area contributed by atoms with Crippen molar-refractivity contribution in [1.82, 2.24) is 0 Å². The van der Waals surface area contributed by atoms with Gasteiger partial charge in [-0.15, -0.1) is 6.58 Å². The first-order chi connectivity index (χ1) is 11.0. The smallest absolute Gasteiger partial charge is 0.126 e. The van der Waals surface area contributed by atoms with Crippen LogP contribution in [-0.2, 0) is 6.42 Å². The van der Waals surface area contributed by atoms with Crippen molar-refractivity contribution in [2.45, 2.75) is 20.3 Å². The minimum absolute atomic E-state index is 0.875. The summed E-state index contributed by atoms with van der Waals surface area (Å²) in [6.07, 6.45) is 2.81. The summed E-state index contributed by atoms with van der Waals surface area (Å²) < 4.78 is 5.57. The van der Waals surface area contributed by atoms with Gasteiger partial charge >= 0.3 is 0 Å². The quantitative estimate of drug-likeness (QED) is 0.657. The molecule has 2 rings (SSSR count). The molecule has 121 valence electrons. The lowest BCUT2D eigenvalue weighted by molar-refractivity contribution is 0.416. The highest BCUT2D eigenvalue weighted by atomic mass is 16.5. The highest BCUT2D eigenvalue weighted by Gasteiger charge is 2.11. The fraction of sp³-hybridized carbons (Fsp3) is 0.286. The number of allylic oxidation sites excluding steroid dienone is 1. The van der Waals surface area contributed by atoms with Gasteiger partial charge in [-0.05, 0) is 41.7 Å². The van der Waals surface area contributed by atoms with Gasteiger partial charge in [-0.3, -0.25) is 0 Å². The maximum absolute atomic E-state index is 5.57. The van der Waals surface area contributed by atoms with Crippen molar-refractivity contribution in [2.75, 3.05) is 25.6 Å². The zero-order valence-electron chi connectivity index (χ0n) is 14.6. The Balaban J connectivity index is 2.43. The molecule has 0 saturated heterocycles. The molecule has 0 atom stereocenters. The molecule has 2 heteroatoms. The Kier molecular flexibility index (Phi) is 5.86. The largest absolute Gasteiger partial charge is 0.496 e. The summed E-state index contributed by atoms with van der Waals surface area (Å²) in [5.41, 5.74) is 4.75. The van der Waals surface area contributed by atoms with Crippen molar-refractivity contribution in [3.05, 3.63) is 66.6 Å². The van der Waals surface area contributed by atoms with Crippen LogP contribution in [0.15, 0.2) is 55.1 Å². The lowest BCUT2D eigenvalue weighted by atomic mass is 10.00. The summed E-state index contributed by atoms with van der Waals surface area (Å²) in [5, 5.41) is 0. The summed E-state index contributed by atoms with van der Waals surface area (Å²) in [5.74, 6) is 2.29. The lowest BCUT2D eigenvalue weighted by Gasteiger charge is -2.23. The van der Waals surface area contributed by atoms with Gasteiger partial charge in [-0.1, -0.05) is 44.2 Å². The molecule has 0 aromatic heterocycles. The third-order valence-corrected chi connectivity index (χ3v) is 3.80. The molecule has 0 bridgehead atoms. The van der Waals surface area contributed by atoms with E-state index in [4.69, 9.17) is 4.74 Å². The van der Waals surface area contributed by atoms with E-state index in [0.29, 0.717) is 0 Å². The molecule has 2 aromatic rings. The monoisotopic (exact) mass is 308 g/mol. The van der Waals surface area contributed by atoms with E-state index in [-0.39, 0.29) is 0 Å². The van der Waals surface area contributed by atoms with E-state index in [1.807, 2.05) is 12.1 Å². The molecule has 0 aliphatic rings. The molecule has 2 aromatic carbocycles. The van der Waals surface area contributed by atoms with Crippen LogP contribution in [0.3, 0.4) is 0 Å². The minimum Gasteiger partial charge on any atom is -0.496 e. The van der Waals surface area contributed by atoms with Crippen molar-refractivity contribution in [3.8, 4) is 16.9 Å². The van der Waals surface area contributed by atoms with E-state index < -0.39 is 0 Å². The van der Waals surface area contributed by atoms with E-state index in [1.165, 1.54) is 22.7 Å². The number of benzene rings is 2. The van der Waals surface area contributed by atoms with Crippen LogP contribution in [0.5, 0.6) is 5.75 Å². The first kappa shape index (κ1) is 17.1. The molecular formula is C21H26NO. The molecule has 0 fully saturated rings. The highest BCUT2D eigenvalue weighted by Crippen LogP contribution is 2.34. The predicted molar refractivity (Wildman–Crippen MR) is 100 cm³/mol. The Morgan fingerprint density at radius 2 is 1.96 bits per heavy atom. The molecule has 0 aliphatic carbocycles. The Morgan fingerprint density at radius 1 is 1.17 bits per heavy atom. The van der Waals surface area contributed by atoms with E-state index in [9.17, 15) is 0 Å². The zero-order chi connectivity index (χ0) is 16.8. The number of nitrogens with zero attached hydrogens (tertiary/aromatic N) is 1. The molecule has 0 heterocycles. The van der Waals surface area contributed by atoms with Crippen molar-refractivity contribution in [3.63, 3.8) is 0 Å². The van der Waals surface area contributed by atoms with Gasteiger partial charge in [0.25, 0.3) is 0 Å². The van der Waals surface area contributed by atoms with Crippen LogP contribution < -0.4 is 9.64 Å². The fourth-order valence-corrected chi connectivity index (χ4v) is 2.76. The summed E-state index contributed by atoms with van der Waals surface area (Å²) in [6.45, 7) is 9.07. The third-order valence-electron chi connectivity index (χ3n) is 3.80. The second-order valence-corrected chi connectivity index (χ2v) is 6.14. The van der Waals surface area contributed by atoms with Gasteiger partial charge < -0.3 is 9.64 Å². The number of rotatable bonds is 7. The van der Waals surface area contributed by atoms with Crippen LogP contribution in [0.1, 0.15) is 19.4 Å². The minimum atomic E-state index is 0.875. The Labute approximate surface area is 140 Å². The van der Waals surface area contributed by atoms with E-state index in [2.05, 4.69) is 68.8 Å². The SMILES string of the molecule is C=CCc1cccc(-c2cc(N(C)C[C](C)C)ccc2OC)c1. The van der Waals surface area contributed by atoms with Crippen LogP contribution >= 0.6 is 0 Å². The molecule has 0 amide bonds. The van der Waals surface area contributed by atoms with E-state index in [0.717, 1.165) is 24.3 Å². The second kappa shape index (κ2) is 7.87. The van der Waals surface area contributed by atoms with Crippen molar-refractivity contribution in [1.29, 1.82) is 0 Å².